The second kappa shape index (κ2) is 10.2. The Balaban J connectivity index is 1.79. The molecule has 4 rings (SSSR count). The molecule has 170 valence electrons. The molecule has 1 unspecified atom stereocenters. The van der Waals surface area contributed by atoms with Crippen LogP contribution in [0.4, 0.5) is 16.2 Å². The topological polar surface area (TPSA) is 76.1 Å². The van der Waals surface area contributed by atoms with Crippen molar-refractivity contribution >= 4 is 23.4 Å². The fourth-order valence-electron chi connectivity index (χ4n) is 4.51. The predicted molar refractivity (Wildman–Crippen MR) is 126 cm³/mol. The second-order valence-corrected chi connectivity index (χ2v) is 7.88. The van der Waals surface area contributed by atoms with Crippen LogP contribution in [0, 0.1) is 0 Å². The third kappa shape index (κ3) is 4.85. The van der Waals surface area contributed by atoms with Gasteiger partial charge in [0.15, 0.2) is 6.61 Å². The molecule has 1 aliphatic carbocycles. The van der Waals surface area contributed by atoms with E-state index in [-0.39, 0.29) is 19.1 Å². The lowest BCUT2D eigenvalue weighted by molar-refractivity contribution is -0.139. The zero-order valence-electron chi connectivity index (χ0n) is 18.6. The summed E-state index contributed by atoms with van der Waals surface area (Å²) in [5.41, 5.74) is 4.67. The summed E-state index contributed by atoms with van der Waals surface area (Å²) in [6, 6.07) is 23.2. The van der Waals surface area contributed by atoms with Crippen LogP contribution in [0.15, 0.2) is 72.8 Å². The summed E-state index contributed by atoms with van der Waals surface area (Å²) < 4.78 is 11.0. The molecule has 0 saturated carbocycles. The summed E-state index contributed by atoms with van der Waals surface area (Å²) in [4.78, 5) is 25.7. The standard InChI is InChI=1S/C27H27NO5/c1-2-32-27(31)28(19-10-4-3-5-11-19)24-16-7-6-12-22(24)20-13-8-15-23-21(20)14-9-17-25(23)33-18-26(29)30/h3-7,9-12,14,16-17,20H,2,8,13,15,18H2,1H3,(H,29,30). The van der Waals surface area contributed by atoms with Crippen LogP contribution in [0.25, 0.3) is 0 Å². The number of anilines is 2. The third-order valence-electron chi connectivity index (χ3n) is 5.83. The molecular weight excluding hydrogens is 418 g/mol. The number of hydrogen-bond acceptors (Lipinski definition) is 4. The number of nitrogens with zero attached hydrogens (tertiary/aromatic N) is 1. The number of benzene rings is 3. The summed E-state index contributed by atoms with van der Waals surface area (Å²) in [6.45, 7) is 1.70. The molecule has 1 atom stereocenters. The van der Waals surface area contributed by atoms with Gasteiger partial charge in [-0.25, -0.2) is 14.5 Å². The van der Waals surface area contributed by atoms with Crippen molar-refractivity contribution in [3.63, 3.8) is 0 Å². The number of carboxylic acids is 1. The van der Waals surface area contributed by atoms with Crippen molar-refractivity contribution < 1.29 is 24.2 Å². The first-order valence-corrected chi connectivity index (χ1v) is 11.2. The van der Waals surface area contributed by atoms with E-state index in [1.807, 2.05) is 60.7 Å². The molecule has 0 spiro atoms. The lowest BCUT2D eigenvalue weighted by Gasteiger charge is -2.31. The molecule has 0 fully saturated rings. The zero-order chi connectivity index (χ0) is 23.2. The summed E-state index contributed by atoms with van der Waals surface area (Å²) in [7, 11) is 0. The smallest absolute Gasteiger partial charge is 0.418 e. The van der Waals surface area contributed by atoms with E-state index in [1.165, 1.54) is 0 Å². The second-order valence-electron chi connectivity index (χ2n) is 7.88. The van der Waals surface area contributed by atoms with Crippen LogP contribution in [0.5, 0.6) is 5.75 Å². The maximum absolute atomic E-state index is 13.1. The summed E-state index contributed by atoms with van der Waals surface area (Å²) in [5, 5.41) is 9.04. The Kier molecular flexibility index (Phi) is 6.93. The van der Waals surface area contributed by atoms with Crippen LogP contribution in [0.3, 0.4) is 0 Å². The molecule has 0 heterocycles. The maximum Gasteiger partial charge on any atom is 0.418 e. The Hall–Kier alpha value is -3.80. The first-order chi connectivity index (χ1) is 16.1. The van der Waals surface area contributed by atoms with Crippen molar-refractivity contribution in [2.45, 2.75) is 32.1 Å². The predicted octanol–water partition coefficient (Wildman–Crippen LogP) is 5.91. The average molecular weight is 446 g/mol. The molecule has 0 radical (unpaired) electrons. The minimum absolute atomic E-state index is 0.0407. The third-order valence-corrected chi connectivity index (χ3v) is 5.83. The SMILES string of the molecule is CCOC(=O)N(c1ccccc1)c1ccccc1C1CCCc2c(OCC(=O)O)cccc21. The number of amides is 1. The van der Waals surface area contributed by atoms with Gasteiger partial charge in [0.1, 0.15) is 5.75 Å². The number of aliphatic carboxylic acids is 1. The van der Waals surface area contributed by atoms with Gasteiger partial charge >= 0.3 is 12.1 Å². The van der Waals surface area contributed by atoms with Crippen LogP contribution in [0.2, 0.25) is 0 Å². The number of ether oxygens (including phenoxy) is 2. The van der Waals surface area contributed by atoms with E-state index in [0.717, 1.165) is 47.3 Å². The van der Waals surface area contributed by atoms with Crippen LogP contribution < -0.4 is 9.64 Å². The average Bonchev–Trinajstić information content (AvgIpc) is 2.84. The Morgan fingerprint density at radius 2 is 1.70 bits per heavy atom. The van der Waals surface area contributed by atoms with Crippen molar-refractivity contribution in [1.29, 1.82) is 0 Å². The number of rotatable bonds is 7. The molecule has 33 heavy (non-hydrogen) atoms. The van der Waals surface area contributed by atoms with E-state index in [1.54, 1.807) is 11.8 Å². The van der Waals surface area contributed by atoms with E-state index >= 15 is 0 Å². The van der Waals surface area contributed by atoms with Gasteiger partial charge in [-0.1, -0.05) is 48.5 Å². The lowest BCUT2D eigenvalue weighted by Crippen LogP contribution is -2.28. The van der Waals surface area contributed by atoms with Crippen molar-refractivity contribution in [2.75, 3.05) is 18.1 Å². The molecule has 6 heteroatoms. The molecule has 3 aromatic rings. The molecule has 0 saturated heterocycles. The number of para-hydroxylation sites is 2. The lowest BCUT2D eigenvalue weighted by atomic mass is 9.78. The fourth-order valence-corrected chi connectivity index (χ4v) is 4.51. The maximum atomic E-state index is 13.1. The van der Waals surface area contributed by atoms with E-state index in [2.05, 4.69) is 12.1 Å². The fraction of sp³-hybridized carbons (Fsp3) is 0.259. The summed E-state index contributed by atoms with van der Waals surface area (Å²) >= 11 is 0. The number of fused-ring (bicyclic) bond motifs is 1. The minimum atomic E-state index is -1.00. The highest BCUT2D eigenvalue weighted by atomic mass is 16.6. The van der Waals surface area contributed by atoms with E-state index < -0.39 is 12.1 Å². The van der Waals surface area contributed by atoms with Crippen LogP contribution in [0.1, 0.15) is 42.4 Å². The number of carboxylic acid groups (broad SMARTS) is 1. The van der Waals surface area contributed by atoms with Gasteiger partial charge in [-0.3, -0.25) is 0 Å². The summed E-state index contributed by atoms with van der Waals surface area (Å²) in [6.07, 6.45) is 2.25. The minimum Gasteiger partial charge on any atom is -0.482 e. The normalized spacial score (nSPS) is 14.8. The van der Waals surface area contributed by atoms with Crippen molar-refractivity contribution in [2.24, 2.45) is 0 Å². The van der Waals surface area contributed by atoms with Gasteiger partial charge in [-0.2, -0.15) is 0 Å². The molecular formula is C27H27NO5. The van der Waals surface area contributed by atoms with Crippen molar-refractivity contribution in [3.05, 3.63) is 89.5 Å². The molecule has 1 N–H and O–H groups in total. The van der Waals surface area contributed by atoms with Gasteiger partial charge in [0.05, 0.1) is 18.0 Å². The van der Waals surface area contributed by atoms with Crippen molar-refractivity contribution in [3.8, 4) is 5.75 Å². The molecule has 0 aromatic heterocycles. The van der Waals surface area contributed by atoms with Gasteiger partial charge in [-0.05, 0) is 67.1 Å². The number of carbonyl (C=O) groups is 2. The Bertz CT molecular complexity index is 1130. The van der Waals surface area contributed by atoms with Gasteiger partial charge in [-0.15, -0.1) is 0 Å². The highest BCUT2D eigenvalue weighted by Gasteiger charge is 2.29. The van der Waals surface area contributed by atoms with Gasteiger partial charge in [0.25, 0.3) is 0 Å². The van der Waals surface area contributed by atoms with Crippen molar-refractivity contribution in [1.82, 2.24) is 0 Å². The number of hydrogen-bond donors (Lipinski definition) is 1. The molecule has 6 nitrogen and oxygen atoms in total. The molecule has 1 aliphatic rings. The zero-order valence-corrected chi connectivity index (χ0v) is 18.6. The first kappa shape index (κ1) is 22.4. The molecule has 0 aliphatic heterocycles. The Morgan fingerprint density at radius 3 is 2.45 bits per heavy atom. The molecule has 0 bridgehead atoms. The highest BCUT2D eigenvalue weighted by molar-refractivity contribution is 5.97. The largest absolute Gasteiger partial charge is 0.482 e. The number of carbonyl (C=O) groups excluding carboxylic acids is 1. The first-order valence-electron chi connectivity index (χ1n) is 11.2. The van der Waals surface area contributed by atoms with E-state index in [0.29, 0.717) is 5.75 Å². The van der Waals surface area contributed by atoms with Gasteiger partial charge < -0.3 is 14.6 Å². The van der Waals surface area contributed by atoms with Crippen LogP contribution in [-0.4, -0.2) is 30.4 Å². The van der Waals surface area contributed by atoms with Gasteiger partial charge in [0, 0.05) is 5.92 Å². The van der Waals surface area contributed by atoms with E-state index in [9.17, 15) is 9.59 Å². The molecule has 1 amide bonds. The quantitative estimate of drug-likeness (QED) is 0.489. The molecule has 3 aromatic carbocycles. The van der Waals surface area contributed by atoms with Crippen LogP contribution in [-0.2, 0) is 16.0 Å². The highest BCUT2D eigenvalue weighted by Crippen LogP contribution is 2.44. The van der Waals surface area contributed by atoms with E-state index in [4.69, 9.17) is 14.6 Å². The Morgan fingerprint density at radius 1 is 0.970 bits per heavy atom. The monoisotopic (exact) mass is 445 g/mol. The van der Waals surface area contributed by atoms with Gasteiger partial charge in [0.2, 0.25) is 0 Å². The summed E-state index contributed by atoms with van der Waals surface area (Å²) in [5.74, 6) is -0.348. The van der Waals surface area contributed by atoms with Crippen LogP contribution >= 0.6 is 0 Å². The Labute approximate surface area is 193 Å².